The molecule has 3 nitrogen and oxygen atoms in total. The van der Waals surface area contributed by atoms with Crippen LogP contribution < -0.4 is 10.1 Å². The number of benzene rings is 1. The lowest BCUT2D eigenvalue weighted by molar-refractivity contribution is 0.461. The molecule has 0 aliphatic heterocycles. The zero-order valence-electron chi connectivity index (χ0n) is 12.0. The second-order valence-corrected chi connectivity index (χ2v) is 5.46. The minimum atomic E-state index is 0.450. The Morgan fingerprint density at radius 1 is 1.25 bits per heavy atom. The van der Waals surface area contributed by atoms with Crippen LogP contribution in [0.4, 0.5) is 0 Å². The van der Waals surface area contributed by atoms with E-state index in [9.17, 15) is 0 Å². The van der Waals surface area contributed by atoms with Gasteiger partial charge in [0.15, 0.2) is 0 Å². The molecule has 0 aliphatic carbocycles. The van der Waals surface area contributed by atoms with E-state index in [1.807, 2.05) is 37.3 Å². The minimum Gasteiger partial charge on any atom is -0.439 e. The van der Waals surface area contributed by atoms with Crippen molar-refractivity contribution in [3.05, 3.63) is 52.7 Å². The third-order valence-electron chi connectivity index (χ3n) is 2.87. The van der Waals surface area contributed by atoms with Gasteiger partial charge in [0.2, 0.25) is 5.88 Å². The van der Waals surface area contributed by atoms with Crippen molar-refractivity contribution in [2.75, 3.05) is 0 Å². The van der Waals surface area contributed by atoms with Gasteiger partial charge >= 0.3 is 0 Å². The maximum Gasteiger partial charge on any atom is 0.219 e. The van der Waals surface area contributed by atoms with Crippen LogP contribution in [0.25, 0.3) is 0 Å². The number of nitrogens with one attached hydrogen (secondary N) is 1. The average Bonchev–Trinajstić information content (AvgIpc) is 2.41. The number of hydrogen-bond donors (Lipinski definition) is 1. The molecule has 1 N–H and O–H groups in total. The van der Waals surface area contributed by atoms with E-state index in [0.29, 0.717) is 11.9 Å². The average molecular weight is 291 g/mol. The van der Waals surface area contributed by atoms with Crippen molar-refractivity contribution in [3.63, 3.8) is 0 Å². The van der Waals surface area contributed by atoms with Gasteiger partial charge in [0, 0.05) is 29.9 Å². The molecule has 0 fully saturated rings. The second kappa shape index (κ2) is 6.73. The van der Waals surface area contributed by atoms with Gasteiger partial charge in [-0.25, -0.2) is 4.98 Å². The van der Waals surface area contributed by atoms with Crippen molar-refractivity contribution >= 4 is 11.6 Å². The fourth-order valence-electron chi connectivity index (χ4n) is 1.74. The highest BCUT2D eigenvalue weighted by molar-refractivity contribution is 6.31. The highest BCUT2D eigenvalue weighted by Crippen LogP contribution is 2.25. The number of ether oxygens (including phenoxy) is 1. The summed E-state index contributed by atoms with van der Waals surface area (Å²) in [6.07, 6.45) is 1.76. The van der Waals surface area contributed by atoms with Crippen LogP contribution in [-0.4, -0.2) is 11.0 Å². The van der Waals surface area contributed by atoms with Crippen LogP contribution in [-0.2, 0) is 6.54 Å². The summed E-state index contributed by atoms with van der Waals surface area (Å²) < 4.78 is 5.76. The van der Waals surface area contributed by atoms with Crippen molar-refractivity contribution in [1.29, 1.82) is 0 Å². The number of aromatic nitrogens is 1. The fourth-order valence-corrected chi connectivity index (χ4v) is 1.86. The lowest BCUT2D eigenvalue weighted by Crippen LogP contribution is -2.21. The summed E-state index contributed by atoms with van der Waals surface area (Å²) in [5, 5.41) is 4.10. The summed E-state index contributed by atoms with van der Waals surface area (Å²) in [6.45, 7) is 6.99. The molecule has 0 spiro atoms. The quantitative estimate of drug-likeness (QED) is 0.890. The minimum absolute atomic E-state index is 0.450. The summed E-state index contributed by atoms with van der Waals surface area (Å²) in [5.41, 5.74) is 2.14. The first kappa shape index (κ1) is 14.8. The SMILES string of the molecule is Cc1cc(Oc2cc(CNC(C)C)ccn2)ccc1Cl. The zero-order chi connectivity index (χ0) is 14.5. The van der Waals surface area contributed by atoms with Gasteiger partial charge in [0.05, 0.1) is 0 Å². The third kappa shape index (κ3) is 4.22. The van der Waals surface area contributed by atoms with E-state index < -0.39 is 0 Å². The van der Waals surface area contributed by atoms with Crippen LogP contribution in [0, 0.1) is 6.92 Å². The number of hydrogen-bond acceptors (Lipinski definition) is 3. The van der Waals surface area contributed by atoms with Crippen LogP contribution in [0.1, 0.15) is 25.0 Å². The van der Waals surface area contributed by atoms with Crippen LogP contribution in [0.15, 0.2) is 36.5 Å². The summed E-state index contributed by atoms with van der Waals surface area (Å²) in [5.74, 6) is 1.34. The number of halogens is 1. The molecule has 1 heterocycles. The van der Waals surface area contributed by atoms with E-state index >= 15 is 0 Å². The topological polar surface area (TPSA) is 34.1 Å². The largest absolute Gasteiger partial charge is 0.439 e. The van der Waals surface area contributed by atoms with E-state index in [4.69, 9.17) is 16.3 Å². The van der Waals surface area contributed by atoms with E-state index in [-0.39, 0.29) is 0 Å². The molecular weight excluding hydrogens is 272 g/mol. The monoisotopic (exact) mass is 290 g/mol. The Morgan fingerprint density at radius 3 is 2.75 bits per heavy atom. The first-order valence-electron chi connectivity index (χ1n) is 6.67. The third-order valence-corrected chi connectivity index (χ3v) is 3.29. The molecule has 0 bridgehead atoms. The molecule has 0 radical (unpaired) electrons. The predicted octanol–water partition coefficient (Wildman–Crippen LogP) is 4.33. The van der Waals surface area contributed by atoms with Crippen molar-refractivity contribution in [2.45, 2.75) is 33.4 Å². The standard InChI is InChI=1S/C16H19ClN2O/c1-11(2)19-10-13-6-7-18-16(9-13)20-14-4-5-15(17)12(3)8-14/h4-9,11,19H,10H2,1-3H3. The van der Waals surface area contributed by atoms with Crippen molar-refractivity contribution in [2.24, 2.45) is 0 Å². The van der Waals surface area contributed by atoms with Crippen molar-refractivity contribution in [3.8, 4) is 11.6 Å². The van der Waals surface area contributed by atoms with Crippen LogP contribution in [0.5, 0.6) is 11.6 Å². The fraction of sp³-hybridized carbons (Fsp3) is 0.312. The maximum absolute atomic E-state index is 6.00. The zero-order valence-corrected chi connectivity index (χ0v) is 12.7. The molecule has 0 unspecified atom stereocenters. The molecule has 1 aromatic carbocycles. The lowest BCUT2D eigenvalue weighted by atomic mass is 10.2. The first-order chi connectivity index (χ1) is 9.54. The molecule has 2 rings (SSSR count). The molecular formula is C16H19ClN2O. The highest BCUT2D eigenvalue weighted by atomic mass is 35.5. The molecule has 0 saturated carbocycles. The molecule has 0 saturated heterocycles. The van der Waals surface area contributed by atoms with Crippen molar-refractivity contribution in [1.82, 2.24) is 10.3 Å². The summed E-state index contributed by atoms with van der Waals surface area (Å²) >= 11 is 6.00. The van der Waals surface area contributed by atoms with Crippen LogP contribution >= 0.6 is 11.6 Å². The molecule has 0 aliphatic rings. The summed E-state index contributed by atoms with van der Waals surface area (Å²) in [4.78, 5) is 4.23. The van der Waals surface area contributed by atoms with Gasteiger partial charge in [-0.15, -0.1) is 0 Å². The van der Waals surface area contributed by atoms with E-state index in [1.165, 1.54) is 0 Å². The second-order valence-electron chi connectivity index (χ2n) is 5.05. The Balaban J connectivity index is 2.08. The maximum atomic E-state index is 6.00. The highest BCUT2D eigenvalue weighted by Gasteiger charge is 2.03. The van der Waals surface area contributed by atoms with Crippen LogP contribution in [0.3, 0.4) is 0 Å². The van der Waals surface area contributed by atoms with E-state index in [1.54, 1.807) is 6.20 Å². The molecule has 2 aromatic rings. The molecule has 106 valence electrons. The number of nitrogens with zero attached hydrogens (tertiary/aromatic N) is 1. The lowest BCUT2D eigenvalue weighted by Gasteiger charge is -2.10. The van der Waals surface area contributed by atoms with Gasteiger partial charge in [-0.1, -0.05) is 25.4 Å². The Bertz CT molecular complexity index is 584. The number of pyridine rings is 1. The number of aryl methyl sites for hydroxylation is 1. The Morgan fingerprint density at radius 2 is 2.05 bits per heavy atom. The van der Waals surface area contributed by atoms with Gasteiger partial charge in [-0.2, -0.15) is 0 Å². The van der Waals surface area contributed by atoms with E-state index in [2.05, 4.69) is 24.1 Å². The van der Waals surface area contributed by atoms with Crippen LogP contribution in [0.2, 0.25) is 5.02 Å². The Kier molecular flexibility index (Phi) is 4.99. The smallest absolute Gasteiger partial charge is 0.219 e. The summed E-state index contributed by atoms with van der Waals surface area (Å²) in [6, 6.07) is 9.95. The Labute approximate surface area is 124 Å². The summed E-state index contributed by atoms with van der Waals surface area (Å²) in [7, 11) is 0. The molecule has 1 aromatic heterocycles. The van der Waals surface area contributed by atoms with Gasteiger partial charge in [0.1, 0.15) is 5.75 Å². The van der Waals surface area contributed by atoms with Gasteiger partial charge in [-0.3, -0.25) is 0 Å². The molecule has 20 heavy (non-hydrogen) atoms. The van der Waals surface area contributed by atoms with Crippen molar-refractivity contribution < 1.29 is 4.74 Å². The van der Waals surface area contributed by atoms with Gasteiger partial charge in [0.25, 0.3) is 0 Å². The molecule has 4 heteroatoms. The van der Waals surface area contributed by atoms with E-state index in [0.717, 1.165) is 28.4 Å². The molecule has 0 atom stereocenters. The predicted molar refractivity (Wildman–Crippen MR) is 82.5 cm³/mol. The normalized spacial score (nSPS) is 10.8. The van der Waals surface area contributed by atoms with Gasteiger partial charge < -0.3 is 10.1 Å². The number of rotatable bonds is 5. The van der Waals surface area contributed by atoms with Gasteiger partial charge in [-0.05, 0) is 42.3 Å². The first-order valence-corrected chi connectivity index (χ1v) is 7.04. The Hall–Kier alpha value is -1.58. The molecule has 0 amide bonds.